The van der Waals surface area contributed by atoms with Crippen LogP contribution in [0.1, 0.15) is 17.8 Å². The van der Waals surface area contributed by atoms with Gasteiger partial charge in [-0.1, -0.05) is 22.7 Å². The molecule has 0 spiro atoms. The van der Waals surface area contributed by atoms with Crippen LogP contribution in [-0.4, -0.2) is 51.2 Å². The van der Waals surface area contributed by atoms with Gasteiger partial charge in [-0.25, -0.2) is 19.9 Å². The van der Waals surface area contributed by atoms with Crippen molar-refractivity contribution in [2.24, 2.45) is 0 Å². The first kappa shape index (κ1) is 21.4. The Morgan fingerprint density at radius 2 is 1.83 bits per heavy atom. The van der Waals surface area contributed by atoms with Crippen molar-refractivity contribution in [2.75, 3.05) is 25.0 Å². The molecule has 5 rings (SSSR count). The molecule has 1 aliphatic rings. The van der Waals surface area contributed by atoms with E-state index in [0.717, 1.165) is 56.2 Å². The number of thiazole rings is 3. The molecule has 0 bridgehead atoms. The number of pyridine rings is 1. The van der Waals surface area contributed by atoms with Crippen LogP contribution in [0, 0.1) is 6.92 Å². The first-order valence-electron chi connectivity index (χ1n) is 9.41. The van der Waals surface area contributed by atoms with Crippen LogP contribution in [-0.2, 0) is 0 Å². The van der Waals surface area contributed by atoms with Crippen molar-refractivity contribution in [2.45, 2.75) is 25.8 Å². The van der Waals surface area contributed by atoms with Gasteiger partial charge in [0.25, 0.3) is 0 Å². The average Bonchev–Trinajstić information content (AvgIpc) is 3.42. The van der Waals surface area contributed by atoms with Gasteiger partial charge < -0.3 is 15.3 Å². The first-order chi connectivity index (χ1) is 14.1. The zero-order valence-electron chi connectivity index (χ0n) is 16.5. The summed E-state index contributed by atoms with van der Waals surface area (Å²) in [5.74, 6) is 0.127. The second-order valence-electron chi connectivity index (χ2n) is 7.05. The topological polar surface area (TPSA) is 87.1 Å². The normalized spacial score (nSPS) is 14.7. The smallest absolute Gasteiger partial charge is 0.188 e. The van der Waals surface area contributed by atoms with Crippen LogP contribution in [0.4, 0.5) is 5.13 Å². The van der Waals surface area contributed by atoms with Crippen LogP contribution in [0.25, 0.3) is 30.8 Å². The van der Waals surface area contributed by atoms with E-state index in [-0.39, 0.29) is 18.2 Å². The van der Waals surface area contributed by atoms with E-state index in [2.05, 4.69) is 27.2 Å². The Bertz CT molecular complexity index is 1130. The van der Waals surface area contributed by atoms with E-state index in [1.54, 1.807) is 41.1 Å². The molecule has 0 atom stereocenters. The summed E-state index contributed by atoms with van der Waals surface area (Å²) < 4.78 is 0. The van der Waals surface area contributed by atoms with Crippen molar-refractivity contribution in [3.05, 3.63) is 23.5 Å². The second kappa shape index (κ2) is 8.72. The number of aromatic nitrogens is 4. The number of hydrogen-bond donors (Lipinski definition) is 2. The summed E-state index contributed by atoms with van der Waals surface area (Å²) in [6.07, 6.45) is 5.83. The molecule has 4 aromatic heterocycles. The Labute approximate surface area is 192 Å². The molecular formula is C19H21ClN6OS3. The number of anilines is 1. The lowest BCUT2D eigenvalue weighted by atomic mass is 10.1. The van der Waals surface area contributed by atoms with E-state index < -0.39 is 0 Å². The van der Waals surface area contributed by atoms with Crippen molar-refractivity contribution in [1.82, 2.24) is 25.3 Å². The Hall–Kier alpha value is -1.85. The minimum Gasteiger partial charge on any atom is -0.506 e. The third-order valence-corrected chi connectivity index (χ3v) is 8.19. The molecule has 11 heteroatoms. The summed E-state index contributed by atoms with van der Waals surface area (Å²) in [4.78, 5) is 23.3. The van der Waals surface area contributed by atoms with Crippen LogP contribution in [0.2, 0.25) is 0 Å². The van der Waals surface area contributed by atoms with E-state index >= 15 is 0 Å². The third-order valence-electron chi connectivity index (χ3n) is 5.10. The average molecular weight is 481 g/mol. The number of aryl methyl sites for hydroxylation is 1. The highest BCUT2D eigenvalue weighted by Crippen LogP contribution is 2.39. The second-order valence-corrected chi connectivity index (χ2v) is 10.2. The molecular weight excluding hydrogens is 460 g/mol. The fourth-order valence-electron chi connectivity index (χ4n) is 3.48. The lowest BCUT2D eigenvalue weighted by molar-refractivity contribution is 0.443. The first-order valence-corrected chi connectivity index (χ1v) is 11.9. The molecule has 1 fully saturated rings. The Balaban J connectivity index is 0.00000218. The Kier molecular flexibility index (Phi) is 6.21. The predicted molar refractivity (Wildman–Crippen MR) is 128 cm³/mol. The van der Waals surface area contributed by atoms with Gasteiger partial charge in [0.05, 0.1) is 9.88 Å². The van der Waals surface area contributed by atoms with E-state index in [9.17, 15) is 5.11 Å². The van der Waals surface area contributed by atoms with Gasteiger partial charge in [0, 0.05) is 31.0 Å². The van der Waals surface area contributed by atoms with Crippen LogP contribution >= 0.6 is 46.4 Å². The molecule has 30 heavy (non-hydrogen) atoms. The molecule has 0 amide bonds. The van der Waals surface area contributed by atoms with E-state index in [0.29, 0.717) is 16.7 Å². The fraction of sp³-hybridized carbons (Fsp3) is 0.368. The molecule has 0 aliphatic carbocycles. The molecule has 5 heterocycles. The number of rotatable bonds is 4. The van der Waals surface area contributed by atoms with Gasteiger partial charge in [-0.05, 0) is 38.9 Å². The number of nitrogens with zero attached hydrogens (tertiary/aromatic N) is 5. The van der Waals surface area contributed by atoms with Crippen molar-refractivity contribution in [3.63, 3.8) is 0 Å². The van der Waals surface area contributed by atoms with Gasteiger partial charge in [0.2, 0.25) is 0 Å². The van der Waals surface area contributed by atoms with Crippen molar-refractivity contribution in [1.29, 1.82) is 0 Å². The standard InChI is InChI=1S/C19H20N6OS3.ClH/c1-10-21-9-14(27-10)11-7-13(26)15(22-8-11)16-23-17-18(28-16)24-19(29-17)25(2)12-3-5-20-6-4-12;/h7-9,12,20,26H,3-6H2,1-2H3;1H. The number of aromatic hydroxyl groups is 1. The maximum atomic E-state index is 10.5. The quantitative estimate of drug-likeness (QED) is 0.442. The molecule has 4 aromatic rings. The summed E-state index contributed by atoms with van der Waals surface area (Å²) in [6, 6.07) is 2.25. The fourth-order valence-corrected chi connectivity index (χ4v) is 6.32. The maximum absolute atomic E-state index is 10.5. The Morgan fingerprint density at radius 3 is 2.50 bits per heavy atom. The lowest BCUT2D eigenvalue weighted by Gasteiger charge is -2.31. The van der Waals surface area contributed by atoms with Crippen molar-refractivity contribution in [3.8, 4) is 26.9 Å². The zero-order chi connectivity index (χ0) is 20.0. The maximum Gasteiger partial charge on any atom is 0.188 e. The van der Waals surface area contributed by atoms with Crippen LogP contribution < -0.4 is 10.2 Å². The summed E-state index contributed by atoms with van der Waals surface area (Å²) in [7, 11) is 2.12. The number of hydrogen-bond acceptors (Lipinski definition) is 10. The minimum atomic E-state index is 0. The molecule has 0 aromatic carbocycles. The van der Waals surface area contributed by atoms with Crippen molar-refractivity contribution < 1.29 is 5.11 Å². The van der Waals surface area contributed by atoms with Gasteiger partial charge in [0.1, 0.15) is 16.5 Å². The molecule has 0 radical (unpaired) electrons. The molecule has 7 nitrogen and oxygen atoms in total. The van der Waals surface area contributed by atoms with Crippen LogP contribution in [0.15, 0.2) is 18.5 Å². The molecule has 2 N–H and O–H groups in total. The van der Waals surface area contributed by atoms with Gasteiger partial charge >= 0.3 is 0 Å². The summed E-state index contributed by atoms with van der Waals surface area (Å²) in [6.45, 7) is 4.07. The lowest BCUT2D eigenvalue weighted by Crippen LogP contribution is -2.41. The zero-order valence-corrected chi connectivity index (χ0v) is 19.7. The molecule has 0 saturated carbocycles. The molecule has 1 aliphatic heterocycles. The molecule has 0 unspecified atom stereocenters. The summed E-state index contributed by atoms with van der Waals surface area (Å²) >= 11 is 4.65. The highest BCUT2D eigenvalue weighted by Gasteiger charge is 2.22. The summed E-state index contributed by atoms with van der Waals surface area (Å²) in [5, 5.41) is 16.6. The van der Waals surface area contributed by atoms with E-state index in [1.165, 1.54) is 11.3 Å². The van der Waals surface area contributed by atoms with Crippen LogP contribution in [0.3, 0.4) is 0 Å². The minimum absolute atomic E-state index is 0. The van der Waals surface area contributed by atoms with E-state index in [4.69, 9.17) is 9.97 Å². The number of nitrogens with one attached hydrogen (secondary N) is 1. The van der Waals surface area contributed by atoms with Gasteiger partial charge in [-0.3, -0.25) is 0 Å². The third kappa shape index (κ3) is 4.02. The summed E-state index contributed by atoms with van der Waals surface area (Å²) in [5.41, 5.74) is 1.36. The molecule has 158 valence electrons. The van der Waals surface area contributed by atoms with Gasteiger partial charge in [0.15, 0.2) is 14.8 Å². The predicted octanol–water partition coefficient (Wildman–Crippen LogP) is 4.56. The Morgan fingerprint density at radius 1 is 1.07 bits per heavy atom. The highest BCUT2D eigenvalue weighted by atomic mass is 35.5. The molecule has 1 saturated heterocycles. The number of piperidine rings is 1. The van der Waals surface area contributed by atoms with Gasteiger partial charge in [-0.15, -0.1) is 23.7 Å². The highest BCUT2D eigenvalue weighted by molar-refractivity contribution is 7.29. The van der Waals surface area contributed by atoms with E-state index in [1.807, 2.05) is 6.92 Å². The largest absolute Gasteiger partial charge is 0.506 e. The monoisotopic (exact) mass is 480 g/mol. The van der Waals surface area contributed by atoms with Crippen LogP contribution in [0.5, 0.6) is 5.75 Å². The number of halogens is 1. The number of fused-ring (bicyclic) bond motifs is 1. The SMILES string of the molecule is Cc1ncc(-c2cnc(-c3nc4sc(N(C)C5CCNCC5)nc4s3)c(O)c2)s1.Cl. The van der Waals surface area contributed by atoms with Crippen molar-refractivity contribution >= 4 is 61.2 Å². The van der Waals surface area contributed by atoms with Gasteiger partial charge in [-0.2, -0.15) is 0 Å².